The summed E-state index contributed by atoms with van der Waals surface area (Å²) in [4.78, 5) is 11.2. The monoisotopic (exact) mass is 235 g/mol. The molecule has 0 aromatic carbocycles. The Morgan fingerprint density at radius 2 is 1.71 bits per heavy atom. The van der Waals surface area contributed by atoms with E-state index in [1.165, 1.54) is 25.7 Å². The van der Waals surface area contributed by atoms with Crippen LogP contribution in [0.4, 0.5) is 11.6 Å². The second kappa shape index (κ2) is 5.31. The Morgan fingerprint density at radius 3 is 2.29 bits per heavy atom. The van der Waals surface area contributed by atoms with Crippen LogP contribution in [0, 0.1) is 13.8 Å². The summed E-state index contributed by atoms with van der Waals surface area (Å²) in [7, 11) is 0. The molecule has 1 saturated heterocycles. The van der Waals surface area contributed by atoms with Crippen LogP contribution < -0.4 is 16.2 Å². The number of nitrogen functional groups attached to an aromatic ring is 1. The lowest BCUT2D eigenvalue weighted by Crippen LogP contribution is -2.27. The largest absolute Gasteiger partial charge is 0.356 e. The van der Waals surface area contributed by atoms with E-state index in [4.69, 9.17) is 5.84 Å². The number of nitrogens with one attached hydrogen (secondary N) is 1. The first kappa shape index (κ1) is 12.1. The highest BCUT2D eigenvalue weighted by atomic mass is 15.3. The number of hydrazine groups is 1. The molecule has 0 spiro atoms. The molecule has 3 N–H and O–H groups in total. The van der Waals surface area contributed by atoms with Gasteiger partial charge in [-0.15, -0.1) is 0 Å². The molecular weight excluding hydrogens is 214 g/mol. The van der Waals surface area contributed by atoms with Crippen LogP contribution in [-0.4, -0.2) is 23.1 Å². The molecule has 5 nitrogen and oxygen atoms in total. The summed E-state index contributed by atoms with van der Waals surface area (Å²) < 4.78 is 0. The molecule has 0 aliphatic carbocycles. The summed E-state index contributed by atoms with van der Waals surface area (Å²) in [5.74, 6) is 8.02. The fourth-order valence-corrected chi connectivity index (χ4v) is 2.34. The molecular formula is C12H21N5. The molecule has 0 atom stereocenters. The number of nitrogens with two attached hydrogens (primary N) is 1. The van der Waals surface area contributed by atoms with Crippen molar-refractivity contribution in [3.63, 3.8) is 0 Å². The smallest absolute Gasteiger partial charge is 0.148 e. The lowest BCUT2D eigenvalue weighted by atomic mass is 10.2. The van der Waals surface area contributed by atoms with Crippen LogP contribution in [-0.2, 0) is 0 Å². The molecule has 1 fully saturated rings. The van der Waals surface area contributed by atoms with E-state index in [-0.39, 0.29) is 0 Å². The zero-order valence-corrected chi connectivity index (χ0v) is 10.7. The molecule has 1 aromatic heterocycles. The quantitative estimate of drug-likeness (QED) is 0.604. The number of anilines is 2. The van der Waals surface area contributed by atoms with Crippen molar-refractivity contribution in [1.82, 2.24) is 9.97 Å². The van der Waals surface area contributed by atoms with Crippen molar-refractivity contribution in [2.45, 2.75) is 39.5 Å². The van der Waals surface area contributed by atoms with E-state index in [9.17, 15) is 0 Å². The zero-order valence-electron chi connectivity index (χ0n) is 10.7. The van der Waals surface area contributed by atoms with E-state index in [1.54, 1.807) is 0 Å². The SMILES string of the molecule is Cc1nc(NN)c(C)c(N2CCCCCC2)n1. The van der Waals surface area contributed by atoms with Gasteiger partial charge in [0.1, 0.15) is 17.5 Å². The summed E-state index contributed by atoms with van der Waals surface area (Å²) >= 11 is 0. The van der Waals surface area contributed by atoms with Gasteiger partial charge in [-0.3, -0.25) is 0 Å². The van der Waals surface area contributed by atoms with Crippen LogP contribution in [0.1, 0.15) is 37.1 Å². The van der Waals surface area contributed by atoms with E-state index in [2.05, 4.69) is 20.3 Å². The van der Waals surface area contributed by atoms with Crippen molar-refractivity contribution in [1.29, 1.82) is 0 Å². The molecule has 0 amide bonds. The minimum atomic E-state index is 0.733. The van der Waals surface area contributed by atoms with Gasteiger partial charge >= 0.3 is 0 Å². The Morgan fingerprint density at radius 1 is 1.06 bits per heavy atom. The van der Waals surface area contributed by atoms with Crippen molar-refractivity contribution >= 4 is 11.6 Å². The molecule has 1 aliphatic rings. The van der Waals surface area contributed by atoms with Gasteiger partial charge in [-0.05, 0) is 26.7 Å². The van der Waals surface area contributed by atoms with Gasteiger partial charge in [0.05, 0.1) is 0 Å². The average molecular weight is 235 g/mol. The van der Waals surface area contributed by atoms with E-state index >= 15 is 0 Å². The van der Waals surface area contributed by atoms with E-state index in [0.717, 1.165) is 36.1 Å². The molecule has 0 unspecified atom stereocenters. The lowest BCUT2D eigenvalue weighted by Gasteiger charge is -2.24. The van der Waals surface area contributed by atoms with Crippen LogP contribution in [0.25, 0.3) is 0 Å². The van der Waals surface area contributed by atoms with Crippen molar-refractivity contribution in [3.05, 3.63) is 11.4 Å². The molecule has 1 aromatic rings. The molecule has 0 bridgehead atoms. The highest BCUT2D eigenvalue weighted by molar-refractivity contribution is 5.58. The number of hydrogen-bond donors (Lipinski definition) is 2. The highest BCUT2D eigenvalue weighted by Gasteiger charge is 2.16. The number of rotatable bonds is 2. The van der Waals surface area contributed by atoms with E-state index < -0.39 is 0 Å². The number of nitrogens with zero attached hydrogens (tertiary/aromatic N) is 3. The van der Waals surface area contributed by atoms with Crippen LogP contribution in [0.5, 0.6) is 0 Å². The standard InChI is InChI=1S/C12H21N5/c1-9-11(16-13)14-10(2)15-12(9)17-7-5-3-4-6-8-17/h3-8,13H2,1-2H3,(H,14,15,16). The second-order valence-electron chi connectivity index (χ2n) is 4.61. The topological polar surface area (TPSA) is 67.1 Å². The molecule has 5 heteroatoms. The first-order valence-corrected chi connectivity index (χ1v) is 6.29. The summed E-state index contributed by atoms with van der Waals surface area (Å²) in [5, 5.41) is 0. The summed E-state index contributed by atoms with van der Waals surface area (Å²) in [5.41, 5.74) is 3.70. The minimum absolute atomic E-state index is 0.733. The Hall–Kier alpha value is -1.36. The highest BCUT2D eigenvalue weighted by Crippen LogP contribution is 2.25. The second-order valence-corrected chi connectivity index (χ2v) is 4.61. The molecule has 17 heavy (non-hydrogen) atoms. The number of aromatic nitrogens is 2. The molecule has 0 saturated carbocycles. The molecule has 94 valence electrons. The van der Waals surface area contributed by atoms with Crippen molar-refractivity contribution < 1.29 is 0 Å². The average Bonchev–Trinajstić information content (AvgIpc) is 2.60. The van der Waals surface area contributed by atoms with Crippen molar-refractivity contribution in [3.8, 4) is 0 Å². The maximum Gasteiger partial charge on any atom is 0.148 e. The van der Waals surface area contributed by atoms with Crippen LogP contribution in [0.3, 0.4) is 0 Å². The van der Waals surface area contributed by atoms with Gasteiger partial charge in [0.25, 0.3) is 0 Å². The number of aryl methyl sites for hydroxylation is 1. The Balaban J connectivity index is 2.32. The summed E-state index contributed by atoms with van der Waals surface area (Å²) in [6.45, 7) is 6.10. The third kappa shape index (κ3) is 2.66. The van der Waals surface area contributed by atoms with Gasteiger partial charge in [-0.1, -0.05) is 12.8 Å². The summed E-state index contributed by atoms with van der Waals surface area (Å²) in [6, 6.07) is 0. The first-order valence-electron chi connectivity index (χ1n) is 6.29. The van der Waals surface area contributed by atoms with Gasteiger partial charge in [0.15, 0.2) is 0 Å². The Bertz CT molecular complexity index is 383. The van der Waals surface area contributed by atoms with Gasteiger partial charge in [0, 0.05) is 18.7 Å². The lowest BCUT2D eigenvalue weighted by molar-refractivity contribution is 0.726. The molecule has 2 heterocycles. The fraction of sp³-hybridized carbons (Fsp3) is 0.667. The molecule has 0 radical (unpaired) electrons. The van der Waals surface area contributed by atoms with Crippen molar-refractivity contribution in [2.75, 3.05) is 23.4 Å². The van der Waals surface area contributed by atoms with Crippen LogP contribution in [0.2, 0.25) is 0 Å². The van der Waals surface area contributed by atoms with E-state index in [1.807, 2.05) is 13.8 Å². The van der Waals surface area contributed by atoms with Crippen molar-refractivity contribution in [2.24, 2.45) is 5.84 Å². The third-order valence-corrected chi connectivity index (χ3v) is 3.27. The maximum atomic E-state index is 5.49. The third-order valence-electron chi connectivity index (χ3n) is 3.27. The van der Waals surface area contributed by atoms with Gasteiger partial charge < -0.3 is 10.3 Å². The Labute approximate surface area is 102 Å². The zero-order chi connectivity index (χ0) is 12.3. The summed E-state index contributed by atoms with van der Waals surface area (Å²) in [6.07, 6.45) is 5.13. The first-order chi connectivity index (χ1) is 8.22. The molecule has 1 aliphatic heterocycles. The van der Waals surface area contributed by atoms with Gasteiger partial charge in [-0.25, -0.2) is 15.8 Å². The predicted octanol–water partition coefficient (Wildman–Crippen LogP) is 1.76. The van der Waals surface area contributed by atoms with Gasteiger partial charge in [-0.2, -0.15) is 0 Å². The minimum Gasteiger partial charge on any atom is -0.356 e. The normalized spacial score (nSPS) is 16.8. The van der Waals surface area contributed by atoms with Crippen LogP contribution in [0.15, 0.2) is 0 Å². The predicted molar refractivity (Wildman–Crippen MR) is 70.0 cm³/mol. The molecule has 2 rings (SSSR count). The maximum absolute atomic E-state index is 5.49. The number of hydrogen-bond acceptors (Lipinski definition) is 5. The Kier molecular flexibility index (Phi) is 3.78. The van der Waals surface area contributed by atoms with E-state index in [0.29, 0.717) is 0 Å². The van der Waals surface area contributed by atoms with Crippen LogP contribution >= 0.6 is 0 Å². The van der Waals surface area contributed by atoms with Gasteiger partial charge in [0.2, 0.25) is 0 Å². The fourth-order valence-electron chi connectivity index (χ4n) is 2.34.